The molecule has 0 spiro atoms. The molecule has 0 bridgehead atoms. The van der Waals surface area contributed by atoms with Gasteiger partial charge in [0, 0.05) is 0 Å². The van der Waals surface area contributed by atoms with Gasteiger partial charge >= 0.3 is 0 Å². The van der Waals surface area contributed by atoms with Crippen molar-refractivity contribution in [2.45, 2.75) is 77.1 Å². The highest BCUT2D eigenvalue weighted by Gasteiger charge is 2.46. The second-order valence-electron chi connectivity index (χ2n) is 7.60. The Morgan fingerprint density at radius 3 is 1.78 bits per heavy atom. The average Bonchev–Trinajstić information content (AvgIpc) is 2.49. The Morgan fingerprint density at radius 1 is 0.826 bits per heavy atom. The maximum Gasteiger partial charge on any atom is 0.0724 e. The van der Waals surface area contributed by atoms with E-state index in [2.05, 4.69) is 103 Å². The molecule has 0 saturated heterocycles. The lowest BCUT2D eigenvalue weighted by molar-refractivity contribution is 0.789. The molecular weight excluding hydrogens is 292 g/mol. The Morgan fingerprint density at radius 2 is 1.35 bits per heavy atom. The summed E-state index contributed by atoms with van der Waals surface area (Å²) in [5.41, 5.74) is 4.22. The first-order chi connectivity index (χ1) is 10.9. The lowest BCUT2D eigenvalue weighted by Gasteiger charge is -2.47. The van der Waals surface area contributed by atoms with E-state index in [1.165, 1.54) is 5.56 Å². The van der Waals surface area contributed by atoms with Crippen LogP contribution in [0.25, 0.3) is 6.08 Å². The predicted octanol–water partition coefficient (Wildman–Crippen LogP) is 7.72. The summed E-state index contributed by atoms with van der Waals surface area (Å²) in [4.78, 5) is 0. The highest BCUT2D eigenvalue weighted by Crippen LogP contribution is 2.50. The first kappa shape index (κ1) is 20.0. The van der Waals surface area contributed by atoms with Gasteiger partial charge in [-0.25, -0.2) is 0 Å². The standard InChI is InChI=1S/C22H36Si/c1-8-9-15-22(17-16-21-13-11-10-12-14-21)23(18(2)3,19(4)5)20(6)7/h9-20,22H,8H2,1-7H3/b15-9+,17-16-. The van der Waals surface area contributed by atoms with Crippen molar-refractivity contribution in [3.8, 4) is 0 Å². The predicted molar refractivity (Wildman–Crippen MR) is 110 cm³/mol. The normalized spacial score (nSPS) is 14.7. The largest absolute Gasteiger partial charge is 0.0885 e. The van der Waals surface area contributed by atoms with E-state index in [0.717, 1.165) is 23.0 Å². The van der Waals surface area contributed by atoms with Crippen LogP contribution in [0.3, 0.4) is 0 Å². The van der Waals surface area contributed by atoms with Crippen LogP contribution in [-0.2, 0) is 0 Å². The Bertz CT molecular complexity index is 472. The van der Waals surface area contributed by atoms with Gasteiger partial charge in [-0.2, -0.15) is 0 Å². The van der Waals surface area contributed by atoms with Crippen molar-refractivity contribution in [2.75, 3.05) is 0 Å². The highest BCUT2D eigenvalue weighted by atomic mass is 28.3. The minimum atomic E-state index is -1.52. The third-order valence-corrected chi connectivity index (χ3v) is 13.0. The zero-order valence-electron chi connectivity index (χ0n) is 16.2. The SMILES string of the molecule is CC/C=C/C(/C=C\c1ccccc1)[Si](C(C)C)(C(C)C)C(C)C. The van der Waals surface area contributed by atoms with Gasteiger partial charge in [-0.3, -0.25) is 0 Å². The van der Waals surface area contributed by atoms with Crippen LogP contribution in [0.2, 0.25) is 22.2 Å². The number of hydrogen-bond donors (Lipinski definition) is 0. The Labute approximate surface area is 145 Å². The first-order valence-electron chi connectivity index (χ1n) is 9.27. The molecule has 0 amide bonds. The summed E-state index contributed by atoms with van der Waals surface area (Å²) >= 11 is 0. The van der Waals surface area contributed by atoms with Gasteiger partial charge in [0.25, 0.3) is 0 Å². The number of benzene rings is 1. The Balaban J connectivity index is 3.31. The minimum Gasteiger partial charge on any atom is -0.0885 e. The summed E-state index contributed by atoms with van der Waals surface area (Å²) < 4.78 is 0. The van der Waals surface area contributed by atoms with Crippen LogP contribution < -0.4 is 0 Å². The summed E-state index contributed by atoms with van der Waals surface area (Å²) in [7, 11) is -1.52. The fraction of sp³-hybridized carbons (Fsp3) is 0.545. The second-order valence-corrected chi connectivity index (χ2v) is 13.7. The molecule has 1 aromatic rings. The zero-order valence-corrected chi connectivity index (χ0v) is 17.2. The topological polar surface area (TPSA) is 0 Å². The Kier molecular flexibility index (Phi) is 8.05. The van der Waals surface area contributed by atoms with E-state index in [9.17, 15) is 0 Å². The lowest BCUT2D eigenvalue weighted by Crippen LogP contribution is -2.47. The van der Waals surface area contributed by atoms with Crippen LogP contribution in [0.15, 0.2) is 48.6 Å². The Hall–Kier alpha value is -1.08. The molecule has 0 N–H and O–H groups in total. The van der Waals surface area contributed by atoms with Crippen molar-refractivity contribution < 1.29 is 0 Å². The summed E-state index contributed by atoms with van der Waals surface area (Å²) in [6.07, 6.45) is 10.8. The van der Waals surface area contributed by atoms with Crippen molar-refractivity contribution in [1.29, 1.82) is 0 Å². The quantitative estimate of drug-likeness (QED) is 0.338. The van der Waals surface area contributed by atoms with Gasteiger partial charge in [0.1, 0.15) is 0 Å². The maximum atomic E-state index is 2.51. The van der Waals surface area contributed by atoms with Crippen LogP contribution in [0.1, 0.15) is 60.5 Å². The zero-order chi connectivity index (χ0) is 17.5. The number of rotatable bonds is 8. The van der Waals surface area contributed by atoms with Crippen molar-refractivity contribution >= 4 is 14.1 Å². The molecule has 1 atom stereocenters. The molecule has 0 aliphatic carbocycles. The van der Waals surface area contributed by atoms with Crippen molar-refractivity contribution in [3.63, 3.8) is 0 Å². The molecule has 0 aromatic heterocycles. The van der Waals surface area contributed by atoms with E-state index < -0.39 is 8.07 Å². The highest BCUT2D eigenvalue weighted by molar-refractivity contribution is 6.85. The van der Waals surface area contributed by atoms with Gasteiger partial charge in [-0.05, 0) is 34.1 Å². The van der Waals surface area contributed by atoms with Gasteiger partial charge in [0.2, 0.25) is 0 Å². The fourth-order valence-electron chi connectivity index (χ4n) is 4.61. The summed E-state index contributed by atoms with van der Waals surface area (Å²) in [5, 5.41) is 0. The molecule has 1 rings (SSSR count). The van der Waals surface area contributed by atoms with Gasteiger partial charge in [-0.1, -0.05) is 103 Å². The van der Waals surface area contributed by atoms with Crippen LogP contribution in [0, 0.1) is 0 Å². The molecule has 0 nitrogen and oxygen atoms in total. The van der Waals surface area contributed by atoms with E-state index in [1.54, 1.807) is 0 Å². The number of allylic oxidation sites excluding steroid dienone is 3. The van der Waals surface area contributed by atoms with E-state index >= 15 is 0 Å². The molecule has 0 radical (unpaired) electrons. The second kappa shape index (κ2) is 9.27. The van der Waals surface area contributed by atoms with Gasteiger partial charge in [-0.15, -0.1) is 0 Å². The maximum absolute atomic E-state index is 2.51. The van der Waals surface area contributed by atoms with E-state index in [0.29, 0.717) is 5.54 Å². The van der Waals surface area contributed by atoms with Crippen molar-refractivity contribution in [1.82, 2.24) is 0 Å². The molecule has 1 unspecified atom stereocenters. The average molecular weight is 329 g/mol. The van der Waals surface area contributed by atoms with E-state index in [1.807, 2.05) is 0 Å². The monoisotopic (exact) mass is 328 g/mol. The molecule has 23 heavy (non-hydrogen) atoms. The minimum absolute atomic E-state index is 0.600. The summed E-state index contributed by atoms with van der Waals surface area (Å²) in [6.45, 7) is 17.0. The van der Waals surface area contributed by atoms with E-state index in [4.69, 9.17) is 0 Å². The smallest absolute Gasteiger partial charge is 0.0724 e. The summed E-state index contributed by atoms with van der Waals surface area (Å²) in [5.74, 6) is 0. The molecule has 1 heteroatoms. The van der Waals surface area contributed by atoms with Crippen molar-refractivity contribution in [2.24, 2.45) is 0 Å². The van der Waals surface area contributed by atoms with Crippen LogP contribution in [0.4, 0.5) is 0 Å². The molecule has 0 fully saturated rings. The molecular formula is C22H36Si. The molecule has 128 valence electrons. The number of hydrogen-bond acceptors (Lipinski definition) is 0. The fourth-order valence-corrected chi connectivity index (χ4v) is 11.8. The van der Waals surface area contributed by atoms with Gasteiger partial charge in [0.15, 0.2) is 0 Å². The third kappa shape index (κ3) is 4.70. The van der Waals surface area contributed by atoms with Crippen LogP contribution in [0.5, 0.6) is 0 Å². The van der Waals surface area contributed by atoms with Crippen molar-refractivity contribution in [3.05, 3.63) is 54.1 Å². The van der Waals surface area contributed by atoms with Crippen LogP contribution >= 0.6 is 0 Å². The van der Waals surface area contributed by atoms with Gasteiger partial charge in [0.05, 0.1) is 8.07 Å². The first-order valence-corrected chi connectivity index (χ1v) is 11.6. The molecule has 0 saturated carbocycles. The molecule has 0 aliphatic rings. The lowest BCUT2D eigenvalue weighted by atomic mass is 10.2. The molecule has 0 heterocycles. The molecule has 0 aliphatic heterocycles. The van der Waals surface area contributed by atoms with Gasteiger partial charge < -0.3 is 0 Å². The summed E-state index contributed by atoms with van der Waals surface area (Å²) in [6, 6.07) is 10.7. The van der Waals surface area contributed by atoms with Crippen LogP contribution in [-0.4, -0.2) is 8.07 Å². The third-order valence-electron chi connectivity index (χ3n) is 5.45. The molecule has 1 aromatic carbocycles. The van der Waals surface area contributed by atoms with E-state index in [-0.39, 0.29) is 0 Å².